The molecule has 1 saturated heterocycles. The van der Waals surface area contributed by atoms with Crippen LogP contribution in [0.2, 0.25) is 0 Å². The van der Waals surface area contributed by atoms with E-state index in [0.717, 1.165) is 36.7 Å². The molecule has 1 aliphatic rings. The number of benzene rings is 1. The van der Waals surface area contributed by atoms with Gasteiger partial charge >= 0.3 is 6.09 Å². The Morgan fingerprint density at radius 3 is 2.66 bits per heavy atom. The first kappa shape index (κ1) is 20.7. The minimum atomic E-state index is -0.222. The number of ether oxygens (including phenoxy) is 1. The minimum Gasteiger partial charge on any atom is -0.450 e. The van der Waals surface area contributed by atoms with E-state index in [1.54, 1.807) is 4.90 Å². The molecule has 8 nitrogen and oxygen atoms in total. The van der Waals surface area contributed by atoms with Gasteiger partial charge in [0.05, 0.1) is 24.5 Å². The molecule has 156 valence electrons. The first-order valence-electron chi connectivity index (χ1n) is 10.3. The van der Waals surface area contributed by atoms with Crippen molar-refractivity contribution in [3.63, 3.8) is 0 Å². The van der Waals surface area contributed by atoms with Crippen molar-refractivity contribution in [2.45, 2.75) is 39.3 Å². The molecule has 29 heavy (non-hydrogen) atoms. The zero-order chi connectivity index (χ0) is 20.5. The molecule has 1 aliphatic heterocycles. The van der Waals surface area contributed by atoms with Crippen LogP contribution < -0.4 is 10.6 Å². The fourth-order valence-corrected chi connectivity index (χ4v) is 3.27. The van der Waals surface area contributed by atoms with Crippen LogP contribution in [0.5, 0.6) is 0 Å². The number of likely N-dealkylation sites (tertiary alicyclic amines) is 1. The van der Waals surface area contributed by atoms with Gasteiger partial charge in [0.15, 0.2) is 5.96 Å². The summed E-state index contributed by atoms with van der Waals surface area (Å²) in [4.78, 5) is 18.3. The Bertz CT molecular complexity index is 797. The van der Waals surface area contributed by atoms with Crippen LogP contribution >= 0.6 is 0 Å². The maximum absolute atomic E-state index is 11.8. The molecule has 0 spiro atoms. The monoisotopic (exact) mass is 398 g/mol. The number of aromatic nitrogens is 2. The van der Waals surface area contributed by atoms with Crippen molar-refractivity contribution in [2.75, 3.05) is 26.2 Å². The van der Waals surface area contributed by atoms with Gasteiger partial charge in [-0.1, -0.05) is 18.2 Å². The number of nitrogens with zero attached hydrogens (tertiary/aromatic N) is 4. The Balaban J connectivity index is 1.54. The highest BCUT2D eigenvalue weighted by Crippen LogP contribution is 2.12. The highest BCUT2D eigenvalue weighted by Gasteiger charge is 2.24. The summed E-state index contributed by atoms with van der Waals surface area (Å²) in [6.45, 7) is 6.95. The predicted molar refractivity (Wildman–Crippen MR) is 113 cm³/mol. The van der Waals surface area contributed by atoms with Gasteiger partial charge in [-0.05, 0) is 44.9 Å². The molecule has 0 aliphatic carbocycles. The molecule has 1 aromatic heterocycles. The van der Waals surface area contributed by atoms with Gasteiger partial charge in [0.2, 0.25) is 0 Å². The van der Waals surface area contributed by atoms with Crippen LogP contribution in [0.1, 0.15) is 32.4 Å². The van der Waals surface area contributed by atoms with E-state index in [9.17, 15) is 4.79 Å². The molecule has 2 aromatic rings. The van der Waals surface area contributed by atoms with E-state index in [1.807, 2.05) is 61.1 Å². The van der Waals surface area contributed by atoms with Crippen molar-refractivity contribution < 1.29 is 9.53 Å². The van der Waals surface area contributed by atoms with E-state index < -0.39 is 0 Å². The number of piperidine rings is 1. The fraction of sp³-hybridized carbons (Fsp3) is 0.476. The van der Waals surface area contributed by atoms with Gasteiger partial charge in [-0.2, -0.15) is 5.10 Å². The number of carbonyl (C=O) groups is 1. The minimum absolute atomic E-state index is 0.222. The largest absolute Gasteiger partial charge is 0.450 e. The Labute approximate surface area is 171 Å². The van der Waals surface area contributed by atoms with E-state index in [1.165, 1.54) is 0 Å². The molecule has 0 atom stereocenters. The Hall–Kier alpha value is -3.03. The highest BCUT2D eigenvalue weighted by atomic mass is 16.6. The van der Waals surface area contributed by atoms with Crippen LogP contribution in [0.25, 0.3) is 5.69 Å². The lowest BCUT2D eigenvalue weighted by Gasteiger charge is -2.32. The zero-order valence-electron chi connectivity index (χ0n) is 17.2. The van der Waals surface area contributed by atoms with Crippen molar-refractivity contribution in [3.05, 3.63) is 48.3 Å². The standard InChI is InChI=1S/C21H30N6O2/c1-3-22-20(24-17-10-13-26(14-11-17)21(28)29-4-2)23-16-18-12-15-27(25-18)19-8-6-5-7-9-19/h5-9,12,15,17H,3-4,10-11,13-14,16H2,1-2H3,(H2,22,23,24). The van der Waals surface area contributed by atoms with Crippen molar-refractivity contribution in [1.29, 1.82) is 0 Å². The Morgan fingerprint density at radius 1 is 1.21 bits per heavy atom. The van der Waals surface area contributed by atoms with Crippen molar-refractivity contribution >= 4 is 12.1 Å². The Kier molecular flexibility index (Phi) is 7.49. The zero-order valence-corrected chi connectivity index (χ0v) is 17.2. The van der Waals surface area contributed by atoms with Crippen molar-refractivity contribution in [1.82, 2.24) is 25.3 Å². The SMILES string of the molecule is CCNC(=NCc1ccn(-c2ccccc2)n1)NC1CCN(C(=O)OCC)CC1. The molecule has 0 unspecified atom stereocenters. The molecule has 0 bridgehead atoms. The Morgan fingerprint density at radius 2 is 1.97 bits per heavy atom. The van der Waals surface area contributed by atoms with Crippen LogP contribution in [0, 0.1) is 0 Å². The van der Waals surface area contributed by atoms with Crippen LogP contribution in [0.3, 0.4) is 0 Å². The first-order chi connectivity index (χ1) is 14.2. The lowest BCUT2D eigenvalue weighted by atomic mass is 10.1. The lowest BCUT2D eigenvalue weighted by molar-refractivity contribution is 0.0963. The van der Waals surface area contributed by atoms with Gasteiger partial charge in [-0.3, -0.25) is 0 Å². The van der Waals surface area contributed by atoms with Gasteiger partial charge < -0.3 is 20.3 Å². The predicted octanol–water partition coefficient (Wildman–Crippen LogP) is 2.55. The number of hydrogen-bond donors (Lipinski definition) is 2. The van der Waals surface area contributed by atoms with Crippen LogP contribution in [0.15, 0.2) is 47.6 Å². The van der Waals surface area contributed by atoms with Gasteiger partial charge in [0.25, 0.3) is 0 Å². The number of nitrogens with one attached hydrogen (secondary N) is 2. The fourth-order valence-electron chi connectivity index (χ4n) is 3.27. The number of para-hydroxylation sites is 1. The van der Waals surface area contributed by atoms with Crippen LogP contribution in [-0.2, 0) is 11.3 Å². The molecule has 0 saturated carbocycles. The van der Waals surface area contributed by atoms with Crippen LogP contribution in [-0.4, -0.2) is 59.0 Å². The second kappa shape index (κ2) is 10.5. The highest BCUT2D eigenvalue weighted by molar-refractivity contribution is 5.80. The quantitative estimate of drug-likeness (QED) is 0.577. The molecular formula is C21H30N6O2. The third kappa shape index (κ3) is 5.97. The molecular weight excluding hydrogens is 368 g/mol. The number of rotatable bonds is 6. The second-order valence-corrected chi connectivity index (χ2v) is 6.89. The number of guanidine groups is 1. The smallest absolute Gasteiger partial charge is 0.409 e. The summed E-state index contributed by atoms with van der Waals surface area (Å²) >= 11 is 0. The number of hydrogen-bond acceptors (Lipinski definition) is 4. The van der Waals surface area contributed by atoms with Crippen molar-refractivity contribution in [2.24, 2.45) is 4.99 Å². The number of amides is 1. The summed E-state index contributed by atoms with van der Waals surface area (Å²) in [6, 6.07) is 12.3. The number of carbonyl (C=O) groups excluding carboxylic acids is 1. The van der Waals surface area contributed by atoms with E-state index >= 15 is 0 Å². The maximum atomic E-state index is 11.8. The summed E-state index contributed by atoms with van der Waals surface area (Å²) in [5, 5.41) is 11.4. The normalized spacial score (nSPS) is 15.2. The molecule has 1 fully saturated rings. The average Bonchev–Trinajstić information content (AvgIpc) is 3.23. The molecule has 3 rings (SSSR count). The molecule has 2 heterocycles. The van der Waals surface area contributed by atoms with Gasteiger partial charge in [-0.25, -0.2) is 14.5 Å². The summed E-state index contributed by atoms with van der Waals surface area (Å²) in [5.41, 5.74) is 1.93. The summed E-state index contributed by atoms with van der Waals surface area (Å²) in [7, 11) is 0. The van der Waals surface area contributed by atoms with Gasteiger partial charge in [0.1, 0.15) is 0 Å². The molecule has 8 heteroatoms. The van der Waals surface area contributed by atoms with E-state index in [0.29, 0.717) is 26.2 Å². The summed E-state index contributed by atoms with van der Waals surface area (Å²) in [5.74, 6) is 0.774. The summed E-state index contributed by atoms with van der Waals surface area (Å²) < 4.78 is 6.94. The molecule has 1 amide bonds. The number of aliphatic imine (C=N–C) groups is 1. The van der Waals surface area contributed by atoms with Gasteiger partial charge in [0, 0.05) is 31.9 Å². The average molecular weight is 399 g/mol. The van der Waals surface area contributed by atoms with Gasteiger partial charge in [-0.15, -0.1) is 0 Å². The maximum Gasteiger partial charge on any atom is 0.409 e. The van der Waals surface area contributed by atoms with E-state index in [4.69, 9.17) is 4.74 Å². The second-order valence-electron chi connectivity index (χ2n) is 6.89. The topological polar surface area (TPSA) is 83.8 Å². The molecule has 0 radical (unpaired) electrons. The van der Waals surface area contributed by atoms with E-state index in [2.05, 4.69) is 20.7 Å². The molecule has 2 N–H and O–H groups in total. The third-order valence-corrected chi connectivity index (χ3v) is 4.77. The lowest BCUT2D eigenvalue weighted by Crippen LogP contribution is -2.49. The first-order valence-corrected chi connectivity index (χ1v) is 10.3. The summed E-state index contributed by atoms with van der Waals surface area (Å²) in [6.07, 6.45) is 3.46. The van der Waals surface area contributed by atoms with Crippen LogP contribution in [0.4, 0.5) is 4.79 Å². The van der Waals surface area contributed by atoms with Crippen molar-refractivity contribution in [3.8, 4) is 5.69 Å². The van der Waals surface area contributed by atoms with E-state index in [-0.39, 0.29) is 12.1 Å². The molecule has 1 aromatic carbocycles. The third-order valence-electron chi connectivity index (χ3n) is 4.77.